The van der Waals surface area contributed by atoms with Crippen molar-refractivity contribution in [2.45, 2.75) is 12.8 Å². The molecule has 2 N–H and O–H groups in total. The molecule has 0 saturated heterocycles. The Morgan fingerprint density at radius 2 is 1.75 bits per heavy atom. The minimum Gasteiger partial charge on any atom is -0.352 e. The quantitative estimate of drug-likeness (QED) is 0.747. The highest BCUT2D eigenvalue weighted by atomic mass is 35.5. The SMILES string of the molecule is O=C(CCCNC(=O)c1ccc(Cl)cc1)Nc1cccc(Cl)c1F. The Hall–Kier alpha value is -2.11. The lowest BCUT2D eigenvalue weighted by molar-refractivity contribution is -0.116. The molecule has 0 bridgehead atoms. The van der Waals surface area contributed by atoms with E-state index in [1.165, 1.54) is 12.1 Å². The molecular formula is C17H15Cl2FN2O2. The van der Waals surface area contributed by atoms with Crippen LogP contribution in [-0.2, 0) is 4.79 Å². The monoisotopic (exact) mass is 368 g/mol. The number of hydrogen-bond acceptors (Lipinski definition) is 2. The molecule has 0 aromatic heterocycles. The summed E-state index contributed by atoms with van der Waals surface area (Å²) in [6.07, 6.45) is 0.570. The highest BCUT2D eigenvalue weighted by Gasteiger charge is 2.10. The molecule has 0 atom stereocenters. The number of carbonyl (C=O) groups is 2. The van der Waals surface area contributed by atoms with Crippen molar-refractivity contribution in [2.24, 2.45) is 0 Å². The molecule has 0 spiro atoms. The van der Waals surface area contributed by atoms with Crippen LogP contribution in [0.25, 0.3) is 0 Å². The van der Waals surface area contributed by atoms with Gasteiger partial charge in [-0.25, -0.2) is 4.39 Å². The number of hydrogen-bond donors (Lipinski definition) is 2. The zero-order chi connectivity index (χ0) is 17.5. The van der Waals surface area contributed by atoms with E-state index in [1.807, 2.05) is 0 Å². The largest absolute Gasteiger partial charge is 0.352 e. The third-order valence-corrected chi connectivity index (χ3v) is 3.74. The summed E-state index contributed by atoms with van der Waals surface area (Å²) in [5, 5.41) is 5.65. The molecule has 4 nitrogen and oxygen atoms in total. The van der Waals surface area contributed by atoms with E-state index in [4.69, 9.17) is 23.2 Å². The van der Waals surface area contributed by atoms with E-state index in [2.05, 4.69) is 10.6 Å². The smallest absolute Gasteiger partial charge is 0.251 e. The summed E-state index contributed by atoms with van der Waals surface area (Å²) in [5.74, 6) is -1.26. The van der Waals surface area contributed by atoms with Gasteiger partial charge in [-0.1, -0.05) is 29.3 Å². The second-order valence-electron chi connectivity index (χ2n) is 5.02. The van der Waals surface area contributed by atoms with Crippen molar-refractivity contribution in [1.82, 2.24) is 5.32 Å². The van der Waals surface area contributed by atoms with Crippen LogP contribution in [0.1, 0.15) is 23.2 Å². The van der Waals surface area contributed by atoms with E-state index in [0.717, 1.165) is 0 Å². The molecule has 126 valence electrons. The molecule has 0 aliphatic carbocycles. The third-order valence-electron chi connectivity index (χ3n) is 3.20. The van der Waals surface area contributed by atoms with Crippen LogP contribution in [-0.4, -0.2) is 18.4 Å². The van der Waals surface area contributed by atoms with Gasteiger partial charge in [0.05, 0.1) is 10.7 Å². The van der Waals surface area contributed by atoms with Crippen molar-refractivity contribution >= 4 is 40.7 Å². The normalized spacial score (nSPS) is 10.3. The predicted octanol–water partition coefficient (Wildman–Crippen LogP) is 4.28. The van der Waals surface area contributed by atoms with Gasteiger partial charge in [-0.05, 0) is 42.8 Å². The van der Waals surface area contributed by atoms with Crippen LogP contribution in [0.5, 0.6) is 0 Å². The molecule has 2 aromatic rings. The molecule has 0 radical (unpaired) electrons. The van der Waals surface area contributed by atoms with Gasteiger partial charge < -0.3 is 10.6 Å². The molecule has 0 unspecified atom stereocenters. The van der Waals surface area contributed by atoms with Crippen LogP contribution in [0.2, 0.25) is 10.0 Å². The summed E-state index contributed by atoms with van der Waals surface area (Å²) in [7, 11) is 0. The first-order valence-corrected chi connectivity index (χ1v) is 8.00. The second-order valence-corrected chi connectivity index (χ2v) is 5.86. The van der Waals surface area contributed by atoms with Crippen LogP contribution >= 0.6 is 23.2 Å². The Labute approximate surface area is 149 Å². The average Bonchev–Trinajstić information content (AvgIpc) is 2.56. The minimum atomic E-state index is -0.663. The summed E-state index contributed by atoms with van der Waals surface area (Å²) >= 11 is 11.4. The number of halogens is 3. The van der Waals surface area contributed by atoms with E-state index in [1.54, 1.807) is 30.3 Å². The first kappa shape index (κ1) is 18.2. The van der Waals surface area contributed by atoms with Gasteiger partial charge >= 0.3 is 0 Å². The average molecular weight is 369 g/mol. The molecular weight excluding hydrogens is 354 g/mol. The number of carbonyl (C=O) groups excluding carboxylic acids is 2. The topological polar surface area (TPSA) is 58.2 Å². The fourth-order valence-corrected chi connectivity index (χ4v) is 2.27. The molecule has 2 rings (SSSR count). The van der Waals surface area contributed by atoms with Crippen LogP contribution in [0.3, 0.4) is 0 Å². The zero-order valence-corrected chi connectivity index (χ0v) is 14.1. The van der Waals surface area contributed by atoms with Crippen LogP contribution in [0, 0.1) is 5.82 Å². The fraction of sp³-hybridized carbons (Fsp3) is 0.176. The first-order chi connectivity index (χ1) is 11.5. The van der Waals surface area contributed by atoms with Crippen LogP contribution in [0.4, 0.5) is 10.1 Å². The number of anilines is 1. The lowest BCUT2D eigenvalue weighted by atomic mass is 10.2. The standard InChI is InChI=1S/C17H15Cl2FN2O2/c18-12-8-6-11(7-9-12)17(24)21-10-2-5-15(23)22-14-4-1-3-13(19)16(14)20/h1,3-4,6-9H,2,5,10H2,(H,21,24)(H,22,23). The van der Waals surface area contributed by atoms with E-state index < -0.39 is 5.82 Å². The Balaban J connectivity index is 1.74. The molecule has 0 aliphatic heterocycles. The Morgan fingerprint density at radius 3 is 2.46 bits per heavy atom. The number of nitrogens with one attached hydrogen (secondary N) is 2. The summed E-state index contributed by atoms with van der Waals surface area (Å²) in [5.41, 5.74) is 0.530. The molecule has 0 aliphatic rings. The van der Waals surface area contributed by atoms with Gasteiger partial charge in [0.15, 0.2) is 5.82 Å². The maximum atomic E-state index is 13.7. The van der Waals surface area contributed by atoms with Gasteiger partial charge in [0.2, 0.25) is 5.91 Å². The van der Waals surface area contributed by atoms with Gasteiger partial charge in [0.1, 0.15) is 0 Å². The molecule has 2 aromatic carbocycles. The van der Waals surface area contributed by atoms with Crippen molar-refractivity contribution < 1.29 is 14.0 Å². The molecule has 0 heterocycles. The van der Waals surface area contributed by atoms with Crippen molar-refractivity contribution in [3.8, 4) is 0 Å². The van der Waals surface area contributed by atoms with E-state index in [0.29, 0.717) is 23.6 Å². The number of benzene rings is 2. The maximum absolute atomic E-state index is 13.7. The Kier molecular flexibility index (Phi) is 6.58. The van der Waals surface area contributed by atoms with Crippen LogP contribution < -0.4 is 10.6 Å². The zero-order valence-electron chi connectivity index (χ0n) is 12.6. The van der Waals surface area contributed by atoms with Crippen molar-refractivity contribution in [3.63, 3.8) is 0 Å². The van der Waals surface area contributed by atoms with Gasteiger partial charge in [0, 0.05) is 23.6 Å². The summed E-state index contributed by atoms with van der Waals surface area (Å²) < 4.78 is 13.7. The third kappa shape index (κ3) is 5.22. The summed E-state index contributed by atoms with van der Waals surface area (Å²) in [4.78, 5) is 23.6. The molecule has 0 fully saturated rings. The van der Waals surface area contributed by atoms with Gasteiger partial charge in [-0.2, -0.15) is 0 Å². The van der Waals surface area contributed by atoms with Crippen LogP contribution in [0.15, 0.2) is 42.5 Å². The first-order valence-electron chi connectivity index (χ1n) is 7.25. The lowest BCUT2D eigenvalue weighted by Gasteiger charge is -2.08. The predicted molar refractivity (Wildman–Crippen MR) is 93.1 cm³/mol. The van der Waals surface area contributed by atoms with Gasteiger partial charge in [-0.3, -0.25) is 9.59 Å². The van der Waals surface area contributed by atoms with Crippen molar-refractivity contribution in [3.05, 3.63) is 63.9 Å². The minimum absolute atomic E-state index is 0.0395. The highest BCUT2D eigenvalue weighted by Crippen LogP contribution is 2.22. The van der Waals surface area contributed by atoms with Crippen molar-refractivity contribution in [1.29, 1.82) is 0 Å². The summed E-state index contributed by atoms with van der Waals surface area (Å²) in [6, 6.07) is 10.9. The molecule has 0 saturated carbocycles. The second kappa shape index (κ2) is 8.66. The maximum Gasteiger partial charge on any atom is 0.251 e. The van der Waals surface area contributed by atoms with E-state index in [-0.39, 0.29) is 28.9 Å². The molecule has 24 heavy (non-hydrogen) atoms. The lowest BCUT2D eigenvalue weighted by Crippen LogP contribution is -2.25. The van der Waals surface area contributed by atoms with Gasteiger partial charge in [0.25, 0.3) is 5.91 Å². The molecule has 7 heteroatoms. The highest BCUT2D eigenvalue weighted by molar-refractivity contribution is 6.31. The Bertz CT molecular complexity index is 736. The van der Waals surface area contributed by atoms with Gasteiger partial charge in [-0.15, -0.1) is 0 Å². The Morgan fingerprint density at radius 1 is 1.04 bits per heavy atom. The van der Waals surface area contributed by atoms with E-state index >= 15 is 0 Å². The van der Waals surface area contributed by atoms with E-state index in [9.17, 15) is 14.0 Å². The number of amides is 2. The fourth-order valence-electron chi connectivity index (χ4n) is 1.97. The number of rotatable bonds is 6. The molecule has 2 amide bonds. The van der Waals surface area contributed by atoms with Crippen molar-refractivity contribution in [2.75, 3.05) is 11.9 Å². The summed E-state index contributed by atoms with van der Waals surface area (Å²) in [6.45, 7) is 0.326.